The summed E-state index contributed by atoms with van der Waals surface area (Å²) in [7, 11) is 0. The third kappa shape index (κ3) is 3.75. The minimum atomic E-state index is -0.199. The minimum Gasteiger partial charge on any atom is -0.393 e. The van der Waals surface area contributed by atoms with Gasteiger partial charge in [-0.1, -0.05) is 0 Å². The van der Waals surface area contributed by atoms with Crippen LogP contribution in [0.1, 0.15) is 25.3 Å². The first-order valence-corrected chi connectivity index (χ1v) is 5.02. The van der Waals surface area contributed by atoms with Crippen LogP contribution in [0.25, 0.3) is 0 Å². The number of hydrogen-bond acceptors (Lipinski definition) is 3. The minimum absolute atomic E-state index is 0.199. The lowest BCUT2D eigenvalue weighted by Gasteiger charge is -2.09. The van der Waals surface area contributed by atoms with Gasteiger partial charge in [0.25, 0.3) is 0 Å². The summed E-state index contributed by atoms with van der Waals surface area (Å²) < 4.78 is 0. The fourth-order valence-electron chi connectivity index (χ4n) is 1.29. The predicted octanol–water partition coefficient (Wildman–Crippen LogP) is 1.96. The molecule has 0 aliphatic carbocycles. The van der Waals surface area contributed by atoms with Crippen LogP contribution < -0.4 is 5.32 Å². The molecular formula is C11H18N2O. The lowest BCUT2D eigenvalue weighted by Crippen LogP contribution is -2.07. The van der Waals surface area contributed by atoms with Crippen LogP contribution in [-0.2, 0) is 0 Å². The Kier molecular flexibility index (Phi) is 4.40. The van der Waals surface area contributed by atoms with Crippen molar-refractivity contribution < 1.29 is 5.11 Å². The molecule has 1 aromatic heterocycles. The molecule has 14 heavy (non-hydrogen) atoms. The molecule has 0 fully saturated rings. The first-order chi connectivity index (χ1) is 6.70. The van der Waals surface area contributed by atoms with Crippen molar-refractivity contribution >= 4 is 5.69 Å². The van der Waals surface area contributed by atoms with E-state index < -0.39 is 0 Å². The normalized spacial score (nSPS) is 12.5. The van der Waals surface area contributed by atoms with Gasteiger partial charge in [0.15, 0.2) is 0 Å². The van der Waals surface area contributed by atoms with Gasteiger partial charge in [0.1, 0.15) is 0 Å². The fraction of sp³-hybridized carbons (Fsp3) is 0.545. The molecule has 2 N–H and O–H groups in total. The Hall–Kier alpha value is -1.09. The topological polar surface area (TPSA) is 45.2 Å². The Bertz CT molecular complexity index is 274. The second-order valence-electron chi connectivity index (χ2n) is 3.61. The van der Waals surface area contributed by atoms with Crippen molar-refractivity contribution in [3.63, 3.8) is 0 Å². The van der Waals surface area contributed by atoms with Crippen LogP contribution in [0.2, 0.25) is 0 Å². The number of aryl methyl sites for hydroxylation is 1. The molecule has 0 saturated carbocycles. The van der Waals surface area contributed by atoms with Gasteiger partial charge >= 0.3 is 0 Å². The number of anilines is 1. The Morgan fingerprint density at radius 1 is 1.57 bits per heavy atom. The average Bonchev–Trinajstić information content (AvgIpc) is 2.15. The van der Waals surface area contributed by atoms with Gasteiger partial charge in [-0.2, -0.15) is 0 Å². The molecule has 0 bridgehead atoms. The Labute approximate surface area is 85.2 Å². The molecule has 0 radical (unpaired) electrons. The van der Waals surface area contributed by atoms with Crippen LogP contribution in [-0.4, -0.2) is 22.7 Å². The standard InChI is InChI=1S/C11H18N2O/c1-9-8-12-7-5-11(9)13-6-3-4-10(2)14/h5,7-8,10,14H,3-4,6H2,1-2H3,(H,12,13). The van der Waals surface area contributed by atoms with Gasteiger partial charge < -0.3 is 10.4 Å². The summed E-state index contributed by atoms with van der Waals surface area (Å²) in [6.45, 7) is 4.75. The third-order valence-electron chi connectivity index (χ3n) is 2.13. The average molecular weight is 194 g/mol. The molecule has 1 heterocycles. The number of aromatic nitrogens is 1. The van der Waals surface area contributed by atoms with Crippen molar-refractivity contribution in [3.8, 4) is 0 Å². The van der Waals surface area contributed by atoms with E-state index in [1.54, 1.807) is 6.20 Å². The number of rotatable bonds is 5. The zero-order valence-electron chi connectivity index (χ0n) is 8.83. The summed E-state index contributed by atoms with van der Waals surface area (Å²) in [6, 6.07) is 1.97. The molecule has 0 aromatic carbocycles. The number of aliphatic hydroxyl groups is 1. The van der Waals surface area contributed by atoms with Crippen LogP contribution in [0, 0.1) is 6.92 Å². The second kappa shape index (κ2) is 5.60. The summed E-state index contributed by atoms with van der Waals surface area (Å²) >= 11 is 0. The van der Waals surface area contributed by atoms with Crippen molar-refractivity contribution in [3.05, 3.63) is 24.0 Å². The Balaban J connectivity index is 2.28. The van der Waals surface area contributed by atoms with E-state index in [1.807, 2.05) is 26.1 Å². The van der Waals surface area contributed by atoms with Crippen LogP contribution in [0.3, 0.4) is 0 Å². The maximum atomic E-state index is 9.07. The smallest absolute Gasteiger partial charge is 0.0512 e. The highest BCUT2D eigenvalue weighted by Gasteiger charge is 1.97. The van der Waals surface area contributed by atoms with Crippen molar-refractivity contribution in [2.45, 2.75) is 32.8 Å². The predicted molar refractivity (Wildman–Crippen MR) is 58.4 cm³/mol. The molecule has 1 aromatic rings. The van der Waals surface area contributed by atoms with Crippen LogP contribution in [0.15, 0.2) is 18.5 Å². The highest BCUT2D eigenvalue weighted by molar-refractivity contribution is 5.48. The molecule has 1 unspecified atom stereocenters. The summed E-state index contributed by atoms with van der Waals surface area (Å²) in [4.78, 5) is 4.02. The van der Waals surface area contributed by atoms with Gasteiger partial charge in [-0.3, -0.25) is 4.98 Å². The number of hydrogen-bond donors (Lipinski definition) is 2. The highest BCUT2D eigenvalue weighted by Crippen LogP contribution is 2.11. The van der Waals surface area contributed by atoms with E-state index >= 15 is 0 Å². The summed E-state index contributed by atoms with van der Waals surface area (Å²) in [5.74, 6) is 0. The van der Waals surface area contributed by atoms with E-state index in [0.717, 1.165) is 30.6 Å². The van der Waals surface area contributed by atoms with E-state index in [0.29, 0.717) is 0 Å². The zero-order chi connectivity index (χ0) is 10.4. The summed E-state index contributed by atoms with van der Waals surface area (Å²) in [5.41, 5.74) is 2.29. The molecule has 0 amide bonds. The van der Waals surface area contributed by atoms with E-state index in [4.69, 9.17) is 5.11 Å². The molecule has 3 nitrogen and oxygen atoms in total. The van der Waals surface area contributed by atoms with Gasteiger partial charge in [0.2, 0.25) is 0 Å². The SMILES string of the molecule is Cc1cnccc1NCCCC(C)O. The highest BCUT2D eigenvalue weighted by atomic mass is 16.3. The van der Waals surface area contributed by atoms with Gasteiger partial charge in [-0.15, -0.1) is 0 Å². The first-order valence-electron chi connectivity index (χ1n) is 5.02. The molecule has 1 atom stereocenters. The van der Waals surface area contributed by atoms with Gasteiger partial charge in [-0.25, -0.2) is 0 Å². The van der Waals surface area contributed by atoms with E-state index in [-0.39, 0.29) is 6.10 Å². The van der Waals surface area contributed by atoms with Gasteiger partial charge in [-0.05, 0) is 38.3 Å². The molecular weight excluding hydrogens is 176 g/mol. The lowest BCUT2D eigenvalue weighted by atomic mass is 10.2. The van der Waals surface area contributed by atoms with E-state index in [9.17, 15) is 0 Å². The largest absolute Gasteiger partial charge is 0.393 e. The molecule has 0 saturated heterocycles. The number of nitrogens with zero attached hydrogens (tertiary/aromatic N) is 1. The maximum Gasteiger partial charge on any atom is 0.0512 e. The first kappa shape index (κ1) is 11.0. The Morgan fingerprint density at radius 3 is 3.00 bits per heavy atom. The zero-order valence-corrected chi connectivity index (χ0v) is 8.83. The van der Waals surface area contributed by atoms with E-state index in [1.165, 1.54) is 0 Å². The second-order valence-corrected chi connectivity index (χ2v) is 3.61. The van der Waals surface area contributed by atoms with Crippen molar-refractivity contribution in [1.29, 1.82) is 0 Å². The van der Waals surface area contributed by atoms with Crippen LogP contribution in [0.5, 0.6) is 0 Å². The van der Waals surface area contributed by atoms with Crippen molar-refractivity contribution in [2.75, 3.05) is 11.9 Å². The lowest BCUT2D eigenvalue weighted by molar-refractivity contribution is 0.183. The summed E-state index contributed by atoms with van der Waals surface area (Å²) in [5, 5.41) is 12.4. The van der Waals surface area contributed by atoms with Gasteiger partial charge in [0.05, 0.1) is 6.10 Å². The van der Waals surface area contributed by atoms with Crippen molar-refractivity contribution in [1.82, 2.24) is 4.98 Å². The molecule has 0 aliphatic heterocycles. The number of aliphatic hydroxyl groups excluding tert-OH is 1. The maximum absolute atomic E-state index is 9.07. The van der Waals surface area contributed by atoms with Crippen molar-refractivity contribution in [2.24, 2.45) is 0 Å². The Morgan fingerprint density at radius 2 is 2.36 bits per heavy atom. The molecule has 1 rings (SSSR count). The third-order valence-corrected chi connectivity index (χ3v) is 2.13. The van der Waals surface area contributed by atoms with Gasteiger partial charge in [0, 0.05) is 24.6 Å². The van der Waals surface area contributed by atoms with Crippen LogP contribution >= 0.6 is 0 Å². The number of pyridine rings is 1. The fourth-order valence-corrected chi connectivity index (χ4v) is 1.29. The van der Waals surface area contributed by atoms with Crippen LogP contribution in [0.4, 0.5) is 5.69 Å². The molecule has 0 spiro atoms. The quantitative estimate of drug-likeness (QED) is 0.704. The molecule has 3 heteroatoms. The number of nitrogens with one attached hydrogen (secondary N) is 1. The summed E-state index contributed by atoms with van der Waals surface area (Å²) in [6.07, 6.45) is 5.26. The van der Waals surface area contributed by atoms with E-state index in [2.05, 4.69) is 10.3 Å². The monoisotopic (exact) mass is 194 g/mol. The molecule has 0 aliphatic rings. The molecule has 78 valence electrons.